The third-order valence-electron chi connectivity index (χ3n) is 1.66. The van der Waals surface area contributed by atoms with Gasteiger partial charge in [-0.15, -0.1) is 0 Å². The maximum atomic E-state index is 11.8. The zero-order valence-electron chi connectivity index (χ0n) is 8.89. The Morgan fingerprint density at radius 3 is 2.59 bits per heavy atom. The van der Waals surface area contributed by atoms with Crippen molar-refractivity contribution in [3.8, 4) is 5.75 Å². The van der Waals surface area contributed by atoms with Crippen molar-refractivity contribution in [3.05, 3.63) is 29.8 Å². The van der Waals surface area contributed by atoms with Gasteiger partial charge in [0.15, 0.2) is 0 Å². The molecule has 0 radical (unpaired) electrons. The molecule has 0 aliphatic rings. The molecule has 0 atom stereocenters. The van der Waals surface area contributed by atoms with Crippen molar-refractivity contribution in [1.29, 1.82) is 0 Å². The van der Waals surface area contributed by atoms with Crippen molar-refractivity contribution in [1.82, 2.24) is 5.43 Å². The lowest BCUT2D eigenvalue weighted by atomic mass is 10.2. The van der Waals surface area contributed by atoms with Crippen LogP contribution in [-0.4, -0.2) is 26.0 Å². The van der Waals surface area contributed by atoms with Crippen LogP contribution in [0.3, 0.4) is 0 Å². The number of hydrogen-bond donors (Lipinski definition) is 1. The van der Waals surface area contributed by atoms with Gasteiger partial charge in [-0.2, -0.15) is 13.9 Å². The Balaban J connectivity index is 2.53. The summed E-state index contributed by atoms with van der Waals surface area (Å²) in [7, 11) is 1.21. The first kappa shape index (κ1) is 12.9. The van der Waals surface area contributed by atoms with Crippen LogP contribution in [0.1, 0.15) is 5.56 Å². The first-order chi connectivity index (χ1) is 8.11. The summed E-state index contributed by atoms with van der Waals surface area (Å²) >= 11 is 0. The number of hydrogen-bond acceptors (Lipinski definition) is 4. The Kier molecular flexibility index (Phi) is 4.86. The normalized spacial score (nSPS) is 10.6. The average molecular weight is 244 g/mol. The summed E-state index contributed by atoms with van der Waals surface area (Å²) in [6.07, 6.45) is 0.641. The number of carbonyl (C=O) groups is 1. The quantitative estimate of drug-likeness (QED) is 0.650. The molecule has 92 valence electrons. The molecule has 0 spiro atoms. The SMILES string of the molecule is COC(=O)N/N=C/c1ccc(OC(F)F)cc1. The molecule has 1 rings (SSSR count). The summed E-state index contributed by atoms with van der Waals surface area (Å²) in [5.74, 6) is 0.0538. The number of methoxy groups -OCH3 is 1. The average Bonchev–Trinajstić information content (AvgIpc) is 2.30. The molecule has 0 aromatic heterocycles. The van der Waals surface area contributed by atoms with E-state index in [4.69, 9.17) is 0 Å². The van der Waals surface area contributed by atoms with E-state index >= 15 is 0 Å². The van der Waals surface area contributed by atoms with Crippen LogP contribution >= 0.6 is 0 Å². The fourth-order valence-electron chi connectivity index (χ4n) is 0.940. The second-order valence-electron chi connectivity index (χ2n) is 2.81. The Morgan fingerprint density at radius 1 is 1.41 bits per heavy atom. The molecule has 7 heteroatoms. The number of carbonyl (C=O) groups excluding carboxylic acids is 1. The lowest BCUT2D eigenvalue weighted by molar-refractivity contribution is -0.0498. The van der Waals surface area contributed by atoms with Gasteiger partial charge in [0.25, 0.3) is 0 Å². The van der Waals surface area contributed by atoms with Gasteiger partial charge in [0, 0.05) is 0 Å². The van der Waals surface area contributed by atoms with Crippen LogP contribution in [0.25, 0.3) is 0 Å². The minimum atomic E-state index is -2.85. The predicted octanol–water partition coefficient (Wildman–Crippen LogP) is 1.98. The maximum absolute atomic E-state index is 11.8. The summed E-state index contributed by atoms with van der Waals surface area (Å²) in [6, 6.07) is 5.76. The highest BCUT2D eigenvalue weighted by atomic mass is 19.3. The second kappa shape index (κ2) is 6.41. The van der Waals surface area contributed by atoms with E-state index in [1.54, 1.807) is 0 Å². The zero-order valence-corrected chi connectivity index (χ0v) is 8.89. The summed E-state index contributed by atoms with van der Waals surface area (Å²) < 4.78 is 32.1. The number of amides is 1. The van der Waals surface area contributed by atoms with E-state index in [0.29, 0.717) is 5.56 Å². The molecule has 0 aliphatic heterocycles. The Bertz CT molecular complexity index is 393. The summed E-state index contributed by atoms with van der Waals surface area (Å²) in [4.78, 5) is 10.6. The van der Waals surface area contributed by atoms with Gasteiger partial charge in [-0.25, -0.2) is 10.2 Å². The number of benzene rings is 1. The van der Waals surface area contributed by atoms with Gasteiger partial charge in [0.1, 0.15) is 5.75 Å². The summed E-state index contributed by atoms with van der Waals surface area (Å²) in [5.41, 5.74) is 2.70. The minimum Gasteiger partial charge on any atom is -0.452 e. The van der Waals surface area contributed by atoms with Crippen LogP contribution in [0.4, 0.5) is 13.6 Å². The van der Waals surface area contributed by atoms with Gasteiger partial charge < -0.3 is 9.47 Å². The highest BCUT2D eigenvalue weighted by Gasteiger charge is 2.02. The van der Waals surface area contributed by atoms with Crippen molar-refractivity contribution >= 4 is 12.3 Å². The highest BCUT2D eigenvalue weighted by molar-refractivity contribution is 5.80. The monoisotopic (exact) mass is 244 g/mol. The third kappa shape index (κ3) is 4.92. The predicted molar refractivity (Wildman–Crippen MR) is 56.2 cm³/mol. The number of halogens is 2. The number of ether oxygens (including phenoxy) is 2. The van der Waals surface area contributed by atoms with Crippen molar-refractivity contribution < 1.29 is 23.0 Å². The van der Waals surface area contributed by atoms with E-state index < -0.39 is 12.7 Å². The fourth-order valence-corrected chi connectivity index (χ4v) is 0.940. The molecular weight excluding hydrogens is 234 g/mol. The molecule has 0 aliphatic carbocycles. The van der Waals surface area contributed by atoms with Crippen LogP contribution in [0, 0.1) is 0 Å². The smallest absolute Gasteiger partial charge is 0.427 e. The standard InChI is InChI=1S/C10H10F2N2O3/c1-16-10(15)14-13-6-7-2-4-8(5-3-7)17-9(11)12/h2-6,9H,1H3,(H,14,15)/b13-6+. The molecule has 1 aromatic carbocycles. The first-order valence-corrected chi connectivity index (χ1v) is 4.53. The van der Waals surface area contributed by atoms with E-state index in [-0.39, 0.29) is 5.75 Å². The highest BCUT2D eigenvalue weighted by Crippen LogP contribution is 2.13. The third-order valence-corrected chi connectivity index (χ3v) is 1.66. The molecule has 1 N–H and O–H groups in total. The lowest BCUT2D eigenvalue weighted by Gasteiger charge is -2.03. The Morgan fingerprint density at radius 2 is 2.06 bits per heavy atom. The Hall–Kier alpha value is -2.18. The summed E-state index contributed by atoms with van der Waals surface area (Å²) in [6.45, 7) is -2.85. The molecule has 0 fully saturated rings. The van der Waals surface area contributed by atoms with Crippen LogP contribution in [-0.2, 0) is 4.74 Å². The maximum Gasteiger partial charge on any atom is 0.427 e. The van der Waals surface area contributed by atoms with Gasteiger partial charge in [0.05, 0.1) is 13.3 Å². The van der Waals surface area contributed by atoms with Crippen LogP contribution < -0.4 is 10.2 Å². The summed E-state index contributed by atoms with van der Waals surface area (Å²) in [5, 5.41) is 3.56. The fraction of sp³-hybridized carbons (Fsp3) is 0.200. The van der Waals surface area contributed by atoms with Crippen molar-refractivity contribution in [2.45, 2.75) is 6.61 Å². The van der Waals surface area contributed by atoms with Crippen LogP contribution in [0.15, 0.2) is 29.4 Å². The number of nitrogens with zero attached hydrogens (tertiary/aromatic N) is 1. The van der Waals surface area contributed by atoms with Crippen LogP contribution in [0.2, 0.25) is 0 Å². The molecule has 1 aromatic rings. The molecule has 17 heavy (non-hydrogen) atoms. The number of nitrogens with one attached hydrogen (secondary N) is 1. The van der Waals surface area contributed by atoms with Gasteiger partial charge in [0.2, 0.25) is 0 Å². The molecule has 5 nitrogen and oxygen atoms in total. The molecule has 0 unspecified atom stereocenters. The number of hydrazone groups is 1. The molecule has 0 saturated carbocycles. The van der Waals surface area contributed by atoms with E-state index in [2.05, 4.69) is 20.0 Å². The first-order valence-electron chi connectivity index (χ1n) is 4.53. The van der Waals surface area contributed by atoms with Crippen molar-refractivity contribution in [3.63, 3.8) is 0 Å². The van der Waals surface area contributed by atoms with Gasteiger partial charge in [-0.3, -0.25) is 0 Å². The van der Waals surface area contributed by atoms with E-state index in [0.717, 1.165) is 0 Å². The molecule has 1 amide bonds. The van der Waals surface area contributed by atoms with Gasteiger partial charge >= 0.3 is 12.7 Å². The van der Waals surface area contributed by atoms with E-state index in [9.17, 15) is 13.6 Å². The van der Waals surface area contributed by atoms with Crippen molar-refractivity contribution in [2.24, 2.45) is 5.10 Å². The molecule has 0 saturated heterocycles. The lowest BCUT2D eigenvalue weighted by Crippen LogP contribution is -2.16. The number of alkyl halides is 2. The largest absolute Gasteiger partial charge is 0.452 e. The Labute approximate surface area is 96.0 Å². The molecule has 0 heterocycles. The topological polar surface area (TPSA) is 59.9 Å². The van der Waals surface area contributed by atoms with E-state index in [1.165, 1.54) is 37.6 Å². The second-order valence-corrected chi connectivity index (χ2v) is 2.81. The molecular formula is C10H10F2N2O3. The van der Waals surface area contributed by atoms with Crippen LogP contribution in [0.5, 0.6) is 5.75 Å². The zero-order chi connectivity index (χ0) is 12.7. The van der Waals surface area contributed by atoms with E-state index in [1.807, 2.05) is 0 Å². The molecule has 0 bridgehead atoms. The minimum absolute atomic E-state index is 0.0538. The van der Waals surface area contributed by atoms with Crippen molar-refractivity contribution in [2.75, 3.05) is 7.11 Å². The number of rotatable bonds is 4. The van der Waals surface area contributed by atoms with Gasteiger partial charge in [-0.05, 0) is 29.8 Å². The van der Waals surface area contributed by atoms with Gasteiger partial charge in [-0.1, -0.05) is 0 Å².